The zero-order valence-corrected chi connectivity index (χ0v) is 11.2. The highest BCUT2D eigenvalue weighted by Gasteiger charge is 2.24. The van der Waals surface area contributed by atoms with Crippen molar-refractivity contribution in [1.29, 1.82) is 0 Å². The molecule has 7 heteroatoms. The maximum atomic E-state index is 13.2. The van der Waals surface area contributed by atoms with E-state index in [0.717, 1.165) is 23.9 Å². The van der Waals surface area contributed by atoms with Crippen LogP contribution in [0.4, 0.5) is 8.78 Å². The van der Waals surface area contributed by atoms with Gasteiger partial charge in [0.15, 0.2) is 16.7 Å². The molecule has 1 aromatic rings. The van der Waals surface area contributed by atoms with E-state index in [4.69, 9.17) is 4.74 Å². The fraction of sp³-hybridized carbons (Fsp3) is 0.417. The molecule has 0 spiro atoms. The number of ether oxygens (including phenoxy) is 1. The van der Waals surface area contributed by atoms with Gasteiger partial charge in [-0.05, 0) is 6.07 Å². The molecule has 1 rings (SSSR count). The number of benzene rings is 1. The van der Waals surface area contributed by atoms with Crippen LogP contribution < -0.4 is 4.74 Å². The normalized spacial score (nSPS) is 14.0. The number of hydrogen-bond donors (Lipinski definition) is 2. The van der Waals surface area contributed by atoms with E-state index >= 15 is 0 Å². The number of aliphatic hydroxyl groups is 2. The first-order valence-corrected chi connectivity index (χ1v) is 6.37. The van der Waals surface area contributed by atoms with Crippen molar-refractivity contribution in [2.45, 2.75) is 19.1 Å². The topological polar surface area (TPSA) is 66.8 Å². The third-order valence-corrected chi connectivity index (χ3v) is 3.33. The zero-order valence-electron chi connectivity index (χ0n) is 10.4. The van der Waals surface area contributed by atoms with Gasteiger partial charge in [-0.3, -0.25) is 4.79 Å². The largest absolute Gasteiger partial charge is 0.496 e. The molecule has 0 aliphatic carbocycles. The molecule has 0 amide bonds. The Morgan fingerprint density at radius 1 is 1.37 bits per heavy atom. The molecule has 0 saturated carbocycles. The summed E-state index contributed by atoms with van der Waals surface area (Å²) < 4.78 is 31.0. The molecule has 4 nitrogen and oxygen atoms in total. The standard InChI is InChI=1S/C12H14F2O4S/c1-6(15)19-5-10(16)12(17)7-3-8(13)9(14)4-11(7)18-2/h3-4,10,12,16-17H,5H2,1-2H3. The van der Waals surface area contributed by atoms with Crippen LogP contribution in [0.3, 0.4) is 0 Å². The molecule has 0 aromatic heterocycles. The van der Waals surface area contributed by atoms with Crippen molar-refractivity contribution in [2.24, 2.45) is 0 Å². The summed E-state index contributed by atoms with van der Waals surface area (Å²) >= 11 is 0.826. The molecule has 2 N–H and O–H groups in total. The van der Waals surface area contributed by atoms with Gasteiger partial charge in [-0.15, -0.1) is 0 Å². The van der Waals surface area contributed by atoms with Gasteiger partial charge in [-0.2, -0.15) is 0 Å². The van der Waals surface area contributed by atoms with Gasteiger partial charge in [-0.1, -0.05) is 11.8 Å². The molecule has 0 aliphatic rings. The highest BCUT2D eigenvalue weighted by atomic mass is 32.2. The third-order valence-electron chi connectivity index (χ3n) is 2.41. The van der Waals surface area contributed by atoms with E-state index in [9.17, 15) is 23.8 Å². The number of rotatable bonds is 5. The summed E-state index contributed by atoms with van der Waals surface area (Å²) in [6.07, 6.45) is -2.77. The van der Waals surface area contributed by atoms with Gasteiger partial charge in [-0.25, -0.2) is 8.78 Å². The van der Waals surface area contributed by atoms with Crippen molar-refractivity contribution in [3.63, 3.8) is 0 Å². The Kier molecular flexibility index (Phi) is 5.71. The third kappa shape index (κ3) is 4.15. The Hall–Kier alpha value is -1.18. The molecule has 0 aliphatic heterocycles. The van der Waals surface area contributed by atoms with Gasteiger partial charge in [0.2, 0.25) is 0 Å². The van der Waals surface area contributed by atoms with Gasteiger partial charge in [0.1, 0.15) is 11.9 Å². The number of hydrogen-bond acceptors (Lipinski definition) is 5. The van der Waals surface area contributed by atoms with E-state index < -0.39 is 23.8 Å². The number of aliphatic hydroxyl groups excluding tert-OH is 2. The van der Waals surface area contributed by atoms with E-state index in [1.54, 1.807) is 0 Å². The van der Waals surface area contributed by atoms with E-state index in [2.05, 4.69) is 0 Å². The van der Waals surface area contributed by atoms with Crippen LogP contribution in [0.2, 0.25) is 0 Å². The average molecular weight is 292 g/mol. The van der Waals surface area contributed by atoms with Gasteiger partial charge < -0.3 is 14.9 Å². The van der Waals surface area contributed by atoms with Crippen molar-refractivity contribution >= 4 is 16.9 Å². The molecule has 2 unspecified atom stereocenters. The van der Waals surface area contributed by atoms with Crippen LogP contribution in [0.1, 0.15) is 18.6 Å². The minimum absolute atomic E-state index is 0.0569. The molecule has 0 fully saturated rings. The highest BCUT2D eigenvalue weighted by molar-refractivity contribution is 8.13. The van der Waals surface area contributed by atoms with Gasteiger partial charge in [0.05, 0.1) is 13.2 Å². The Labute approximate surface area is 113 Å². The lowest BCUT2D eigenvalue weighted by molar-refractivity contribution is -0.109. The van der Waals surface area contributed by atoms with Crippen LogP contribution >= 0.6 is 11.8 Å². The van der Waals surface area contributed by atoms with E-state index in [-0.39, 0.29) is 22.2 Å². The van der Waals surface area contributed by atoms with Gasteiger partial charge in [0.25, 0.3) is 0 Å². The van der Waals surface area contributed by atoms with E-state index in [1.165, 1.54) is 14.0 Å². The highest BCUT2D eigenvalue weighted by Crippen LogP contribution is 2.30. The Bertz CT molecular complexity index is 467. The Morgan fingerprint density at radius 3 is 2.47 bits per heavy atom. The van der Waals surface area contributed by atoms with Crippen LogP contribution in [0, 0.1) is 11.6 Å². The number of carbonyl (C=O) groups is 1. The minimum atomic E-state index is -1.48. The van der Waals surface area contributed by atoms with Crippen molar-refractivity contribution < 1.29 is 28.5 Å². The second-order valence-corrected chi connectivity index (χ2v) is 5.02. The Balaban J connectivity index is 2.94. The smallest absolute Gasteiger partial charge is 0.185 e. The van der Waals surface area contributed by atoms with Crippen LogP contribution in [0.25, 0.3) is 0 Å². The maximum Gasteiger partial charge on any atom is 0.185 e. The van der Waals surface area contributed by atoms with Crippen LogP contribution in [0.15, 0.2) is 12.1 Å². The SMILES string of the molecule is COc1cc(F)c(F)cc1C(O)C(O)CSC(C)=O. The lowest BCUT2D eigenvalue weighted by Gasteiger charge is -2.19. The number of thioether (sulfide) groups is 1. The molecular weight excluding hydrogens is 278 g/mol. The summed E-state index contributed by atoms with van der Waals surface area (Å²) in [5.74, 6) is -2.39. The lowest BCUT2D eigenvalue weighted by atomic mass is 10.0. The second-order valence-electron chi connectivity index (χ2n) is 3.82. The van der Waals surface area contributed by atoms with Crippen molar-refractivity contribution in [3.05, 3.63) is 29.3 Å². The van der Waals surface area contributed by atoms with Crippen molar-refractivity contribution in [1.82, 2.24) is 0 Å². The van der Waals surface area contributed by atoms with Crippen molar-refractivity contribution in [2.75, 3.05) is 12.9 Å². The first-order chi connectivity index (χ1) is 8.86. The summed E-state index contributed by atoms with van der Waals surface area (Å²) in [4.78, 5) is 10.8. The predicted octanol–water partition coefficient (Wildman–Crippen LogP) is 1.65. The predicted molar refractivity (Wildman–Crippen MR) is 67.0 cm³/mol. The molecule has 106 valence electrons. The maximum absolute atomic E-state index is 13.2. The molecule has 19 heavy (non-hydrogen) atoms. The summed E-state index contributed by atoms with van der Waals surface area (Å²) in [6.45, 7) is 1.32. The molecule has 0 radical (unpaired) electrons. The second kappa shape index (κ2) is 6.83. The van der Waals surface area contributed by atoms with E-state index in [0.29, 0.717) is 0 Å². The number of halogens is 2. The monoisotopic (exact) mass is 292 g/mol. The minimum Gasteiger partial charge on any atom is -0.496 e. The molecule has 0 saturated heterocycles. The average Bonchev–Trinajstić information content (AvgIpc) is 2.37. The quantitative estimate of drug-likeness (QED) is 0.863. The first kappa shape index (κ1) is 15.9. The van der Waals surface area contributed by atoms with Crippen LogP contribution in [-0.2, 0) is 4.79 Å². The van der Waals surface area contributed by atoms with Gasteiger partial charge >= 0.3 is 0 Å². The van der Waals surface area contributed by atoms with Crippen LogP contribution in [0.5, 0.6) is 5.75 Å². The number of methoxy groups -OCH3 is 1. The molecule has 2 atom stereocenters. The fourth-order valence-corrected chi connectivity index (χ4v) is 2.04. The Morgan fingerprint density at radius 2 is 1.95 bits per heavy atom. The summed E-state index contributed by atoms with van der Waals surface area (Å²) in [5.41, 5.74) is -0.0712. The van der Waals surface area contributed by atoms with Gasteiger partial charge in [0, 0.05) is 24.3 Å². The molecule has 0 heterocycles. The molecule has 1 aromatic carbocycles. The first-order valence-electron chi connectivity index (χ1n) is 5.39. The van der Waals surface area contributed by atoms with Crippen LogP contribution in [-0.4, -0.2) is 34.3 Å². The zero-order chi connectivity index (χ0) is 14.6. The number of carbonyl (C=O) groups excluding carboxylic acids is 1. The molecular formula is C12H14F2O4S. The molecule has 0 bridgehead atoms. The summed E-state index contributed by atoms with van der Waals surface area (Å²) in [6, 6.07) is 1.55. The van der Waals surface area contributed by atoms with Crippen molar-refractivity contribution in [3.8, 4) is 5.75 Å². The summed E-state index contributed by atoms with van der Waals surface area (Å²) in [7, 11) is 1.24. The van der Waals surface area contributed by atoms with E-state index in [1.807, 2.05) is 0 Å². The lowest BCUT2D eigenvalue weighted by Crippen LogP contribution is -2.22. The summed E-state index contributed by atoms with van der Waals surface area (Å²) in [5, 5.41) is 19.4. The fourth-order valence-electron chi connectivity index (χ4n) is 1.45.